The van der Waals surface area contributed by atoms with Crippen LogP contribution in [0.1, 0.15) is 11.1 Å². The molecule has 0 unspecified atom stereocenters. The summed E-state index contributed by atoms with van der Waals surface area (Å²) in [6, 6.07) is 3.51. The number of nitrogens with zero attached hydrogens (tertiary/aromatic N) is 2. The van der Waals surface area contributed by atoms with E-state index in [1.807, 2.05) is 6.26 Å². The molecule has 0 aliphatic rings. The van der Waals surface area contributed by atoms with Crippen LogP contribution in [0.2, 0.25) is 0 Å². The van der Waals surface area contributed by atoms with Crippen LogP contribution < -0.4 is 5.73 Å². The minimum atomic E-state index is -4.54. The standard InChI is InChI=1S/C11H9F3N4S3/c1-19-9-17-18-10(21-9)20-5-2-3-7(11(12,13)14)6(4-5)8(15)16/h2-4H,1H3,(H3,15,16). The third kappa shape index (κ3) is 3.89. The second-order valence-electron chi connectivity index (χ2n) is 3.76. The second kappa shape index (κ2) is 6.24. The van der Waals surface area contributed by atoms with Crippen LogP contribution in [0.15, 0.2) is 31.8 Å². The van der Waals surface area contributed by atoms with Crippen LogP contribution in [0.25, 0.3) is 0 Å². The molecule has 0 aliphatic heterocycles. The molecule has 0 fully saturated rings. The Hall–Kier alpha value is -1.26. The van der Waals surface area contributed by atoms with Gasteiger partial charge in [0.25, 0.3) is 0 Å². The van der Waals surface area contributed by atoms with E-state index in [1.165, 1.54) is 47.0 Å². The number of halogens is 3. The minimum absolute atomic E-state index is 0.331. The highest BCUT2D eigenvalue weighted by molar-refractivity contribution is 8.03. The first-order valence-corrected chi connectivity index (χ1v) is 8.28. The number of amidine groups is 1. The molecule has 0 amide bonds. The summed E-state index contributed by atoms with van der Waals surface area (Å²) in [4.78, 5) is 0.525. The Balaban J connectivity index is 2.34. The number of hydrogen-bond acceptors (Lipinski definition) is 6. The zero-order valence-corrected chi connectivity index (χ0v) is 13.0. The Morgan fingerprint density at radius 1 is 1.29 bits per heavy atom. The number of nitrogens with one attached hydrogen (secondary N) is 1. The van der Waals surface area contributed by atoms with Crippen molar-refractivity contribution in [3.63, 3.8) is 0 Å². The first-order valence-electron chi connectivity index (χ1n) is 5.42. The zero-order valence-electron chi connectivity index (χ0n) is 10.6. The van der Waals surface area contributed by atoms with E-state index in [0.29, 0.717) is 9.24 Å². The molecule has 0 radical (unpaired) electrons. The van der Waals surface area contributed by atoms with Gasteiger partial charge in [-0.2, -0.15) is 13.2 Å². The van der Waals surface area contributed by atoms with Gasteiger partial charge >= 0.3 is 6.18 Å². The molecule has 0 atom stereocenters. The molecule has 10 heteroatoms. The van der Waals surface area contributed by atoms with Gasteiger partial charge in [0.15, 0.2) is 8.68 Å². The molecule has 2 aromatic rings. The first-order chi connectivity index (χ1) is 9.81. The van der Waals surface area contributed by atoms with E-state index >= 15 is 0 Å². The average molecular weight is 350 g/mol. The third-order valence-corrected chi connectivity index (χ3v) is 5.29. The van der Waals surface area contributed by atoms with Crippen molar-refractivity contribution >= 4 is 40.7 Å². The van der Waals surface area contributed by atoms with E-state index in [-0.39, 0.29) is 5.56 Å². The first kappa shape index (κ1) is 16.1. The molecule has 0 saturated carbocycles. The SMILES string of the molecule is CSc1nnc(Sc2ccc(C(F)(F)F)c(C(=N)N)c2)s1. The highest BCUT2D eigenvalue weighted by atomic mass is 32.2. The number of rotatable bonds is 4. The van der Waals surface area contributed by atoms with Crippen molar-refractivity contribution in [3.05, 3.63) is 29.3 Å². The van der Waals surface area contributed by atoms with E-state index in [9.17, 15) is 13.2 Å². The Kier molecular flexibility index (Phi) is 4.79. The molecular weight excluding hydrogens is 341 g/mol. The van der Waals surface area contributed by atoms with Crippen molar-refractivity contribution in [1.29, 1.82) is 5.41 Å². The number of hydrogen-bond donors (Lipinski definition) is 2. The maximum Gasteiger partial charge on any atom is 0.417 e. The van der Waals surface area contributed by atoms with E-state index in [0.717, 1.165) is 10.4 Å². The fourth-order valence-electron chi connectivity index (χ4n) is 1.48. The number of nitrogens with two attached hydrogens (primary N) is 1. The zero-order chi connectivity index (χ0) is 15.6. The monoisotopic (exact) mass is 350 g/mol. The Bertz CT molecular complexity index is 669. The second-order valence-corrected chi connectivity index (χ2v) is 7.11. The van der Waals surface area contributed by atoms with Crippen molar-refractivity contribution in [2.45, 2.75) is 19.8 Å². The number of aromatic nitrogens is 2. The lowest BCUT2D eigenvalue weighted by Crippen LogP contribution is -2.18. The summed E-state index contributed by atoms with van der Waals surface area (Å²) in [5.41, 5.74) is 4.00. The van der Waals surface area contributed by atoms with Crippen LogP contribution in [0.3, 0.4) is 0 Å². The van der Waals surface area contributed by atoms with Crippen molar-refractivity contribution in [2.75, 3.05) is 6.26 Å². The van der Waals surface area contributed by atoms with Crippen molar-refractivity contribution in [2.24, 2.45) is 5.73 Å². The summed E-state index contributed by atoms with van der Waals surface area (Å²) in [5.74, 6) is -0.619. The predicted octanol–water partition coefficient (Wildman–Crippen LogP) is 3.71. The van der Waals surface area contributed by atoms with Crippen LogP contribution in [0.4, 0.5) is 13.2 Å². The highest BCUT2D eigenvalue weighted by Gasteiger charge is 2.34. The van der Waals surface area contributed by atoms with Crippen LogP contribution in [0.5, 0.6) is 0 Å². The van der Waals surface area contributed by atoms with Gasteiger partial charge in [-0.25, -0.2) is 0 Å². The molecule has 21 heavy (non-hydrogen) atoms. The Labute approximate surface area is 130 Å². The van der Waals surface area contributed by atoms with Crippen molar-refractivity contribution in [1.82, 2.24) is 10.2 Å². The summed E-state index contributed by atoms with van der Waals surface area (Å²) in [5, 5.41) is 15.1. The Morgan fingerprint density at radius 3 is 2.48 bits per heavy atom. The molecule has 0 saturated heterocycles. The fourth-order valence-corrected chi connectivity index (χ4v) is 3.93. The topological polar surface area (TPSA) is 75.7 Å². The van der Waals surface area contributed by atoms with Crippen LogP contribution in [-0.2, 0) is 6.18 Å². The van der Waals surface area contributed by atoms with Gasteiger partial charge in [-0.05, 0) is 24.5 Å². The highest BCUT2D eigenvalue weighted by Crippen LogP contribution is 2.37. The number of alkyl halides is 3. The van der Waals surface area contributed by atoms with Gasteiger partial charge in [0.05, 0.1) is 5.56 Å². The molecule has 4 nitrogen and oxygen atoms in total. The molecule has 1 heterocycles. The van der Waals surface area contributed by atoms with Gasteiger partial charge in [0, 0.05) is 10.5 Å². The van der Waals surface area contributed by atoms with E-state index in [2.05, 4.69) is 10.2 Å². The van der Waals surface area contributed by atoms with Crippen LogP contribution >= 0.6 is 34.9 Å². The summed E-state index contributed by atoms with van der Waals surface area (Å²) >= 11 is 3.98. The van der Waals surface area contributed by atoms with Crippen molar-refractivity contribution in [3.8, 4) is 0 Å². The van der Waals surface area contributed by atoms with Gasteiger partial charge in [-0.3, -0.25) is 5.41 Å². The molecule has 0 spiro atoms. The summed E-state index contributed by atoms with van der Waals surface area (Å²) in [7, 11) is 0. The third-order valence-electron chi connectivity index (χ3n) is 2.35. The lowest BCUT2D eigenvalue weighted by Gasteiger charge is -2.12. The van der Waals surface area contributed by atoms with Gasteiger partial charge in [0.1, 0.15) is 5.84 Å². The smallest absolute Gasteiger partial charge is 0.384 e. The average Bonchev–Trinajstić information content (AvgIpc) is 2.85. The number of nitrogen functional groups attached to an aromatic ring is 1. The van der Waals surface area contributed by atoms with E-state index in [4.69, 9.17) is 11.1 Å². The fraction of sp³-hybridized carbons (Fsp3) is 0.182. The minimum Gasteiger partial charge on any atom is -0.384 e. The van der Waals surface area contributed by atoms with Crippen molar-refractivity contribution < 1.29 is 13.2 Å². The number of benzene rings is 1. The quantitative estimate of drug-likeness (QED) is 0.499. The summed E-state index contributed by atoms with van der Waals surface area (Å²) in [6.45, 7) is 0. The molecule has 0 bridgehead atoms. The van der Waals surface area contributed by atoms with E-state index in [1.54, 1.807) is 0 Å². The van der Waals surface area contributed by atoms with E-state index < -0.39 is 17.6 Å². The molecule has 0 aliphatic carbocycles. The lowest BCUT2D eigenvalue weighted by molar-refractivity contribution is -0.137. The molecule has 2 rings (SSSR count). The number of thioether (sulfide) groups is 1. The summed E-state index contributed by atoms with van der Waals surface area (Å²) < 4.78 is 39.9. The lowest BCUT2D eigenvalue weighted by atomic mass is 10.1. The molecular formula is C11H9F3N4S3. The molecule has 1 aromatic heterocycles. The molecule has 3 N–H and O–H groups in total. The largest absolute Gasteiger partial charge is 0.417 e. The van der Waals surface area contributed by atoms with Gasteiger partial charge in [-0.1, -0.05) is 34.9 Å². The van der Waals surface area contributed by atoms with Crippen LogP contribution in [-0.4, -0.2) is 22.3 Å². The van der Waals surface area contributed by atoms with Gasteiger partial charge in [-0.15, -0.1) is 10.2 Å². The van der Waals surface area contributed by atoms with Gasteiger partial charge < -0.3 is 5.73 Å². The van der Waals surface area contributed by atoms with Gasteiger partial charge in [0.2, 0.25) is 0 Å². The maximum atomic E-state index is 12.8. The molecule has 112 valence electrons. The van der Waals surface area contributed by atoms with Crippen LogP contribution in [0, 0.1) is 5.41 Å². The predicted molar refractivity (Wildman–Crippen MR) is 78.3 cm³/mol. The molecule has 1 aromatic carbocycles. The normalized spacial score (nSPS) is 11.6. The summed E-state index contributed by atoms with van der Waals surface area (Å²) in [6.07, 6.45) is -2.68. The maximum absolute atomic E-state index is 12.8. The Morgan fingerprint density at radius 2 is 1.95 bits per heavy atom.